The van der Waals surface area contributed by atoms with Crippen LogP contribution in [0.15, 0.2) is 72.8 Å². The van der Waals surface area contributed by atoms with Gasteiger partial charge in [0.25, 0.3) is 0 Å². The van der Waals surface area contributed by atoms with E-state index in [0.717, 1.165) is 33.2 Å². The van der Waals surface area contributed by atoms with Crippen LogP contribution in [-0.4, -0.2) is 19.3 Å². The lowest BCUT2D eigenvalue weighted by Crippen LogP contribution is -1.85. The highest BCUT2D eigenvalue weighted by atomic mass is 79.9. The normalized spacial score (nSPS) is 10.4. The molecule has 4 aromatic rings. The molecule has 4 aromatic carbocycles. The molecule has 0 aliphatic carbocycles. The van der Waals surface area contributed by atoms with Gasteiger partial charge in [-0.3, -0.25) is 0 Å². The molecule has 0 amide bonds. The molecule has 0 aliphatic heterocycles. The maximum absolute atomic E-state index is 8.97. The minimum Gasteiger partial charge on any atom is -0.497 e. The first-order chi connectivity index (χ1) is 13.7. The van der Waals surface area contributed by atoms with E-state index in [4.69, 9.17) is 14.6 Å². The van der Waals surface area contributed by atoms with Gasteiger partial charge in [0.05, 0.1) is 20.8 Å². The van der Waals surface area contributed by atoms with Gasteiger partial charge in [-0.15, -0.1) is 0 Å². The van der Waals surface area contributed by atoms with Crippen LogP contribution in [-0.2, 0) is 11.9 Å². The second kappa shape index (κ2) is 9.58. The van der Waals surface area contributed by atoms with Crippen molar-refractivity contribution in [2.24, 2.45) is 0 Å². The first-order valence-electron chi connectivity index (χ1n) is 8.97. The smallest absolute Gasteiger partial charge is 0.119 e. The summed E-state index contributed by atoms with van der Waals surface area (Å²) in [5.41, 5.74) is 2.23. The molecule has 0 spiro atoms. The molecule has 0 bridgehead atoms. The Morgan fingerprint density at radius 2 is 1.07 bits per heavy atom. The summed E-state index contributed by atoms with van der Waals surface area (Å²) in [4.78, 5) is 0. The van der Waals surface area contributed by atoms with Crippen molar-refractivity contribution < 1.29 is 14.6 Å². The van der Waals surface area contributed by atoms with Crippen molar-refractivity contribution in [1.29, 1.82) is 0 Å². The van der Waals surface area contributed by atoms with Crippen molar-refractivity contribution in [2.75, 3.05) is 14.2 Å². The van der Waals surface area contributed by atoms with Gasteiger partial charge in [-0.1, -0.05) is 58.4 Å². The van der Waals surface area contributed by atoms with E-state index in [2.05, 4.69) is 40.2 Å². The van der Waals surface area contributed by atoms with Gasteiger partial charge in [0, 0.05) is 5.33 Å². The maximum Gasteiger partial charge on any atom is 0.119 e. The number of hydrogen-bond donors (Lipinski definition) is 1. The molecule has 144 valence electrons. The highest BCUT2D eigenvalue weighted by Gasteiger charge is 1.98. The Hall–Kier alpha value is -2.56. The Bertz CT molecular complexity index is 902. The topological polar surface area (TPSA) is 38.7 Å². The maximum atomic E-state index is 8.97. The van der Waals surface area contributed by atoms with E-state index in [-0.39, 0.29) is 6.61 Å². The van der Waals surface area contributed by atoms with Crippen molar-refractivity contribution in [1.82, 2.24) is 0 Å². The standard InChI is InChI=1S/C12H11BrO.C12H12O2/c2*1-14-12-5-4-10-6-9(8-13)2-3-11(10)7-12/h2-7H,8H2,1H3;2-7,13H,8H2,1H3. The number of aliphatic hydroxyl groups excluding tert-OH is 1. The van der Waals surface area contributed by atoms with Crippen LogP contribution in [0.1, 0.15) is 11.1 Å². The van der Waals surface area contributed by atoms with E-state index in [9.17, 15) is 0 Å². The third-order valence-corrected chi connectivity index (χ3v) is 5.21. The number of fused-ring (bicyclic) bond motifs is 2. The summed E-state index contributed by atoms with van der Waals surface area (Å²) < 4.78 is 10.3. The molecule has 0 atom stereocenters. The summed E-state index contributed by atoms with van der Waals surface area (Å²) >= 11 is 3.45. The van der Waals surface area contributed by atoms with Gasteiger partial charge < -0.3 is 14.6 Å². The van der Waals surface area contributed by atoms with Crippen LogP contribution in [0.5, 0.6) is 11.5 Å². The fourth-order valence-electron chi connectivity index (χ4n) is 2.98. The summed E-state index contributed by atoms with van der Waals surface area (Å²) in [5, 5.41) is 14.6. The molecule has 0 aromatic heterocycles. The van der Waals surface area contributed by atoms with E-state index in [1.807, 2.05) is 48.5 Å². The van der Waals surface area contributed by atoms with Gasteiger partial charge in [0.1, 0.15) is 11.5 Å². The Labute approximate surface area is 173 Å². The van der Waals surface area contributed by atoms with Gasteiger partial charge in [-0.05, 0) is 63.0 Å². The molecule has 0 heterocycles. The van der Waals surface area contributed by atoms with Crippen molar-refractivity contribution in [2.45, 2.75) is 11.9 Å². The molecule has 0 saturated carbocycles. The fourth-order valence-corrected chi connectivity index (χ4v) is 3.33. The summed E-state index contributed by atoms with van der Waals surface area (Å²) in [6.07, 6.45) is 0. The van der Waals surface area contributed by atoms with E-state index in [1.165, 1.54) is 16.3 Å². The lowest BCUT2D eigenvalue weighted by molar-refractivity contribution is 0.282. The number of rotatable bonds is 4. The molecule has 0 saturated heterocycles. The van der Waals surface area contributed by atoms with Crippen LogP contribution in [0.4, 0.5) is 0 Å². The molecule has 4 rings (SSSR count). The number of alkyl halides is 1. The molecule has 0 fully saturated rings. The first kappa shape index (κ1) is 20.2. The molecule has 0 aliphatic rings. The van der Waals surface area contributed by atoms with Crippen LogP contribution in [0.25, 0.3) is 21.5 Å². The minimum atomic E-state index is 0.0853. The predicted octanol–water partition coefficient (Wildman–Crippen LogP) is 6.08. The second-order valence-electron chi connectivity index (χ2n) is 6.39. The molecular weight excluding hydrogens is 416 g/mol. The Morgan fingerprint density at radius 3 is 1.54 bits per heavy atom. The van der Waals surface area contributed by atoms with Crippen LogP contribution in [0, 0.1) is 0 Å². The van der Waals surface area contributed by atoms with Gasteiger partial charge in [0.2, 0.25) is 0 Å². The molecule has 0 unspecified atom stereocenters. The van der Waals surface area contributed by atoms with E-state index < -0.39 is 0 Å². The summed E-state index contributed by atoms with van der Waals surface area (Å²) in [6.45, 7) is 0.0853. The average molecular weight is 439 g/mol. The predicted molar refractivity (Wildman–Crippen MR) is 120 cm³/mol. The number of hydrogen-bond acceptors (Lipinski definition) is 3. The molecule has 0 radical (unpaired) electrons. The van der Waals surface area contributed by atoms with Gasteiger partial charge in [0.15, 0.2) is 0 Å². The molecular formula is C24H23BrO3. The van der Waals surface area contributed by atoms with Crippen molar-refractivity contribution in [3.05, 3.63) is 83.9 Å². The monoisotopic (exact) mass is 438 g/mol. The third-order valence-electron chi connectivity index (χ3n) is 4.56. The van der Waals surface area contributed by atoms with Crippen LogP contribution < -0.4 is 9.47 Å². The SMILES string of the molecule is COc1ccc2cc(CBr)ccc2c1.COc1ccc2cc(CO)ccc2c1. The number of methoxy groups -OCH3 is 2. The zero-order valence-corrected chi connectivity index (χ0v) is 17.6. The third kappa shape index (κ3) is 4.83. The first-order valence-corrected chi connectivity index (χ1v) is 10.1. The molecule has 3 nitrogen and oxygen atoms in total. The summed E-state index contributed by atoms with van der Waals surface area (Å²) in [7, 11) is 3.34. The molecule has 28 heavy (non-hydrogen) atoms. The molecule has 4 heteroatoms. The van der Waals surface area contributed by atoms with Gasteiger partial charge >= 0.3 is 0 Å². The Morgan fingerprint density at radius 1 is 0.643 bits per heavy atom. The highest BCUT2D eigenvalue weighted by molar-refractivity contribution is 9.08. The largest absolute Gasteiger partial charge is 0.497 e. The van der Waals surface area contributed by atoms with Crippen molar-refractivity contribution >= 4 is 37.5 Å². The van der Waals surface area contributed by atoms with Gasteiger partial charge in [-0.2, -0.15) is 0 Å². The van der Waals surface area contributed by atoms with Crippen molar-refractivity contribution in [3.63, 3.8) is 0 Å². The van der Waals surface area contributed by atoms with Gasteiger partial charge in [-0.25, -0.2) is 0 Å². The number of aliphatic hydroxyl groups is 1. The minimum absolute atomic E-state index is 0.0853. The van der Waals surface area contributed by atoms with E-state index in [0.29, 0.717) is 0 Å². The highest BCUT2D eigenvalue weighted by Crippen LogP contribution is 2.23. The van der Waals surface area contributed by atoms with Crippen LogP contribution >= 0.6 is 15.9 Å². The quantitative estimate of drug-likeness (QED) is 0.392. The second-order valence-corrected chi connectivity index (χ2v) is 6.95. The van der Waals surface area contributed by atoms with Crippen LogP contribution in [0.3, 0.4) is 0 Å². The lowest BCUT2D eigenvalue weighted by atomic mass is 10.1. The number of ether oxygens (including phenoxy) is 2. The number of benzene rings is 4. The summed E-state index contributed by atoms with van der Waals surface area (Å²) in [5.74, 6) is 1.76. The van der Waals surface area contributed by atoms with Crippen molar-refractivity contribution in [3.8, 4) is 11.5 Å². The van der Waals surface area contributed by atoms with E-state index >= 15 is 0 Å². The molecule has 1 N–H and O–H groups in total. The average Bonchev–Trinajstić information content (AvgIpc) is 2.77. The zero-order chi connectivity index (χ0) is 19.9. The Kier molecular flexibility index (Phi) is 6.90. The van der Waals surface area contributed by atoms with E-state index in [1.54, 1.807) is 14.2 Å². The number of halogens is 1. The van der Waals surface area contributed by atoms with Crippen LogP contribution in [0.2, 0.25) is 0 Å². The summed E-state index contributed by atoms with van der Waals surface area (Å²) in [6, 6.07) is 24.3. The Balaban J connectivity index is 0.000000161. The lowest BCUT2D eigenvalue weighted by Gasteiger charge is -2.03. The zero-order valence-electron chi connectivity index (χ0n) is 16.0. The fraction of sp³-hybridized carbons (Fsp3) is 0.167.